The third kappa shape index (κ3) is 6.57. The number of rotatable bonds is 10. The van der Waals surface area contributed by atoms with Gasteiger partial charge in [0.15, 0.2) is 0 Å². The van der Waals surface area contributed by atoms with Gasteiger partial charge >= 0.3 is 0 Å². The summed E-state index contributed by atoms with van der Waals surface area (Å²) in [7, 11) is 3.39. The smallest absolute Gasteiger partial charge is 0.221 e. The van der Waals surface area contributed by atoms with Crippen LogP contribution in [0.25, 0.3) is 0 Å². The second-order valence-corrected chi connectivity index (χ2v) is 12.1. The Morgan fingerprint density at radius 2 is 0.511 bits per heavy atom. The Morgan fingerprint density at radius 3 is 0.702 bits per heavy atom. The van der Waals surface area contributed by atoms with Crippen LogP contribution in [0.2, 0.25) is 0 Å². The normalized spacial score (nSPS) is 11.4. The molecular formula is C43H42N2O2. The lowest BCUT2D eigenvalue weighted by Gasteiger charge is -2.33. The first-order valence-electron chi connectivity index (χ1n) is 16.0. The van der Waals surface area contributed by atoms with Crippen LogP contribution in [0.15, 0.2) is 146 Å². The van der Waals surface area contributed by atoms with Crippen molar-refractivity contribution in [2.45, 2.75) is 33.5 Å². The maximum Gasteiger partial charge on any atom is 0.221 e. The van der Waals surface area contributed by atoms with Crippen LogP contribution in [0.1, 0.15) is 33.4 Å². The Hall–Kier alpha value is -5.16. The summed E-state index contributed by atoms with van der Waals surface area (Å²) in [5.74, 6) is -1.09. The van der Waals surface area contributed by atoms with Gasteiger partial charge < -0.3 is 19.3 Å². The van der Waals surface area contributed by atoms with Crippen molar-refractivity contribution in [2.75, 3.05) is 24.0 Å². The molecule has 0 spiro atoms. The largest absolute Gasteiger partial charge is 0.346 e. The van der Waals surface area contributed by atoms with Gasteiger partial charge in [0.05, 0.1) is 0 Å². The average molecular weight is 619 g/mol. The third-order valence-corrected chi connectivity index (χ3v) is 8.75. The van der Waals surface area contributed by atoms with E-state index in [1.807, 2.05) is 0 Å². The number of hydrogen-bond donors (Lipinski definition) is 0. The fourth-order valence-corrected chi connectivity index (χ4v) is 6.05. The zero-order chi connectivity index (χ0) is 33.0. The summed E-state index contributed by atoms with van der Waals surface area (Å²) < 4.78 is 12.4. The number of hydrogen-bond acceptors (Lipinski definition) is 4. The number of nitrogens with zero attached hydrogens (tertiary/aromatic N) is 2. The molecule has 0 amide bonds. The molecule has 0 N–H and O–H groups in total. The predicted molar refractivity (Wildman–Crippen MR) is 196 cm³/mol. The molecule has 0 saturated carbocycles. The van der Waals surface area contributed by atoms with Gasteiger partial charge in [-0.05, 0) is 100 Å². The van der Waals surface area contributed by atoms with Crippen molar-refractivity contribution in [1.82, 2.24) is 0 Å². The van der Waals surface area contributed by atoms with Crippen molar-refractivity contribution in [3.63, 3.8) is 0 Å². The van der Waals surface area contributed by atoms with E-state index in [9.17, 15) is 0 Å². The minimum absolute atomic E-state index is 0.903. The first-order valence-corrected chi connectivity index (χ1v) is 16.0. The van der Waals surface area contributed by atoms with Crippen LogP contribution in [0.5, 0.6) is 0 Å². The molecule has 0 atom stereocenters. The van der Waals surface area contributed by atoms with Gasteiger partial charge in [-0.2, -0.15) is 0 Å². The number of benzene rings is 6. The van der Waals surface area contributed by atoms with Gasteiger partial charge in [-0.1, -0.05) is 95.1 Å². The van der Waals surface area contributed by atoms with E-state index in [0.29, 0.717) is 0 Å². The SMILES string of the molecule is COC(OC)(c1ccc(N(c2ccc(C)cc2)c2ccc(C)cc2)cc1)c1ccc(N(c2ccc(C)cc2)c2ccc(C)cc2)cc1. The molecule has 0 aromatic heterocycles. The molecule has 6 aromatic rings. The summed E-state index contributed by atoms with van der Waals surface area (Å²) in [5.41, 5.74) is 13.2. The Balaban J connectivity index is 1.36. The van der Waals surface area contributed by atoms with Gasteiger partial charge in [0.25, 0.3) is 0 Å². The predicted octanol–water partition coefficient (Wildman–Crippen LogP) is 11.4. The van der Waals surface area contributed by atoms with E-state index in [2.05, 4.69) is 183 Å². The minimum atomic E-state index is -1.09. The molecule has 0 radical (unpaired) electrons. The Bertz CT molecular complexity index is 1660. The van der Waals surface area contributed by atoms with E-state index in [1.165, 1.54) is 22.3 Å². The standard InChI is InChI=1S/C43H42N2O2/c1-31-7-19-37(20-8-31)44(38-21-9-32(2)10-22-38)41-27-15-35(16-28-41)43(46-5,47-6)36-17-29-42(30-18-36)45(39-23-11-33(3)12-24-39)40-25-13-34(4)14-26-40/h7-30H,1-6H3. The van der Waals surface area contributed by atoms with Crippen LogP contribution in [0, 0.1) is 27.7 Å². The van der Waals surface area contributed by atoms with Gasteiger partial charge in [-0.15, -0.1) is 0 Å². The molecule has 0 aliphatic heterocycles. The molecule has 0 bridgehead atoms. The number of anilines is 6. The molecule has 0 unspecified atom stereocenters. The molecule has 236 valence electrons. The van der Waals surface area contributed by atoms with Gasteiger partial charge in [-0.3, -0.25) is 0 Å². The Kier molecular flexibility index (Phi) is 9.26. The topological polar surface area (TPSA) is 24.9 Å². The quantitative estimate of drug-likeness (QED) is 0.143. The zero-order valence-electron chi connectivity index (χ0n) is 28.1. The van der Waals surface area contributed by atoms with Crippen molar-refractivity contribution >= 4 is 34.1 Å². The van der Waals surface area contributed by atoms with Crippen molar-refractivity contribution in [3.05, 3.63) is 179 Å². The summed E-state index contributed by atoms with van der Waals surface area (Å²) in [5, 5.41) is 0. The molecule has 0 saturated heterocycles. The van der Waals surface area contributed by atoms with E-state index in [0.717, 1.165) is 45.3 Å². The number of methoxy groups -OCH3 is 2. The fourth-order valence-electron chi connectivity index (χ4n) is 6.05. The zero-order valence-corrected chi connectivity index (χ0v) is 28.1. The highest BCUT2D eigenvalue weighted by Crippen LogP contribution is 2.41. The molecule has 6 rings (SSSR count). The highest BCUT2D eigenvalue weighted by molar-refractivity contribution is 5.78. The molecular weight excluding hydrogens is 576 g/mol. The second-order valence-electron chi connectivity index (χ2n) is 12.1. The van der Waals surface area contributed by atoms with Crippen LogP contribution < -0.4 is 9.80 Å². The van der Waals surface area contributed by atoms with Crippen LogP contribution in [0.4, 0.5) is 34.1 Å². The fraction of sp³-hybridized carbons (Fsp3) is 0.163. The van der Waals surface area contributed by atoms with Crippen LogP contribution >= 0.6 is 0 Å². The van der Waals surface area contributed by atoms with Gasteiger partial charge in [-0.25, -0.2) is 0 Å². The summed E-state index contributed by atoms with van der Waals surface area (Å²) >= 11 is 0. The number of aryl methyl sites for hydroxylation is 4. The average Bonchev–Trinajstić information content (AvgIpc) is 3.10. The van der Waals surface area contributed by atoms with E-state index >= 15 is 0 Å². The summed E-state index contributed by atoms with van der Waals surface area (Å²) in [6.07, 6.45) is 0. The van der Waals surface area contributed by atoms with Crippen LogP contribution in [-0.2, 0) is 15.3 Å². The highest BCUT2D eigenvalue weighted by Gasteiger charge is 2.35. The van der Waals surface area contributed by atoms with E-state index in [1.54, 1.807) is 14.2 Å². The van der Waals surface area contributed by atoms with E-state index in [-0.39, 0.29) is 0 Å². The lowest BCUT2D eigenvalue weighted by atomic mass is 9.96. The van der Waals surface area contributed by atoms with Gasteiger partial charge in [0, 0.05) is 59.5 Å². The Labute approximate surface area is 279 Å². The molecule has 6 aromatic carbocycles. The Morgan fingerprint density at radius 1 is 0.319 bits per heavy atom. The summed E-state index contributed by atoms with van der Waals surface area (Å²) in [6, 6.07) is 51.4. The number of ether oxygens (including phenoxy) is 2. The molecule has 0 fully saturated rings. The van der Waals surface area contributed by atoms with Crippen molar-refractivity contribution in [2.24, 2.45) is 0 Å². The first-order chi connectivity index (χ1) is 22.8. The molecule has 0 aliphatic carbocycles. The molecule has 0 heterocycles. The molecule has 47 heavy (non-hydrogen) atoms. The first kappa shape index (κ1) is 31.8. The lowest BCUT2D eigenvalue weighted by Crippen LogP contribution is -2.32. The van der Waals surface area contributed by atoms with Crippen LogP contribution in [0.3, 0.4) is 0 Å². The highest BCUT2D eigenvalue weighted by atomic mass is 16.7. The summed E-state index contributed by atoms with van der Waals surface area (Å²) in [6.45, 7) is 8.44. The lowest BCUT2D eigenvalue weighted by molar-refractivity contribution is -0.183. The molecule has 0 aliphatic rings. The van der Waals surface area contributed by atoms with Crippen molar-refractivity contribution in [3.8, 4) is 0 Å². The van der Waals surface area contributed by atoms with Gasteiger partial charge in [0.1, 0.15) is 0 Å². The van der Waals surface area contributed by atoms with Crippen LogP contribution in [-0.4, -0.2) is 14.2 Å². The minimum Gasteiger partial charge on any atom is -0.346 e. The maximum atomic E-state index is 6.20. The maximum absolute atomic E-state index is 6.20. The van der Waals surface area contributed by atoms with Gasteiger partial charge in [0.2, 0.25) is 5.79 Å². The summed E-state index contributed by atoms with van der Waals surface area (Å²) in [4.78, 5) is 4.53. The third-order valence-electron chi connectivity index (χ3n) is 8.75. The molecule has 4 heteroatoms. The van der Waals surface area contributed by atoms with E-state index < -0.39 is 5.79 Å². The molecule has 4 nitrogen and oxygen atoms in total. The monoisotopic (exact) mass is 618 g/mol. The van der Waals surface area contributed by atoms with Crippen molar-refractivity contribution < 1.29 is 9.47 Å². The van der Waals surface area contributed by atoms with E-state index in [4.69, 9.17) is 9.47 Å². The van der Waals surface area contributed by atoms with Crippen molar-refractivity contribution in [1.29, 1.82) is 0 Å². The second kappa shape index (κ2) is 13.7.